The maximum absolute atomic E-state index is 11.9. The average Bonchev–Trinajstić information content (AvgIpc) is 3.26. The summed E-state index contributed by atoms with van der Waals surface area (Å²) in [6.45, 7) is 5.02. The summed E-state index contributed by atoms with van der Waals surface area (Å²) >= 11 is 0. The number of aliphatic imine (C=N–C) groups is 1. The molecule has 0 spiro atoms. The molecular formula is C16H23N3O2. The topological polar surface area (TPSA) is 67.9 Å². The molecule has 2 fully saturated rings. The zero-order valence-electron chi connectivity index (χ0n) is 12.5. The number of esters is 1. The van der Waals surface area contributed by atoms with Gasteiger partial charge in [-0.25, -0.2) is 9.79 Å². The molecule has 1 unspecified atom stereocenters. The quantitative estimate of drug-likeness (QED) is 0.796. The van der Waals surface area contributed by atoms with Crippen molar-refractivity contribution < 1.29 is 9.53 Å². The van der Waals surface area contributed by atoms with Crippen molar-refractivity contribution in [2.75, 3.05) is 26.2 Å². The Labute approximate surface area is 125 Å². The molecule has 1 saturated heterocycles. The molecule has 1 aliphatic carbocycles. The van der Waals surface area contributed by atoms with E-state index in [1.165, 1.54) is 5.57 Å². The molecule has 3 rings (SSSR count). The third kappa shape index (κ3) is 3.02. The predicted molar refractivity (Wildman–Crippen MR) is 81.7 cm³/mol. The molecule has 5 nitrogen and oxygen atoms in total. The van der Waals surface area contributed by atoms with E-state index in [4.69, 9.17) is 10.5 Å². The molecule has 5 heteroatoms. The van der Waals surface area contributed by atoms with Crippen LogP contribution in [-0.4, -0.2) is 43.3 Å². The van der Waals surface area contributed by atoms with Gasteiger partial charge in [0.25, 0.3) is 0 Å². The molecule has 0 radical (unpaired) electrons. The Kier molecular flexibility index (Phi) is 4.10. The van der Waals surface area contributed by atoms with Crippen molar-refractivity contribution in [3.05, 3.63) is 23.0 Å². The number of carbonyl (C=O) groups excluding carboxylic acids is 1. The van der Waals surface area contributed by atoms with Crippen molar-refractivity contribution in [1.29, 1.82) is 0 Å². The lowest BCUT2D eigenvalue weighted by Crippen LogP contribution is -2.35. The summed E-state index contributed by atoms with van der Waals surface area (Å²) in [7, 11) is 0. The number of carbonyl (C=O) groups is 1. The third-order valence-corrected chi connectivity index (χ3v) is 4.48. The van der Waals surface area contributed by atoms with Crippen LogP contribution in [0.2, 0.25) is 0 Å². The van der Waals surface area contributed by atoms with Gasteiger partial charge < -0.3 is 15.4 Å². The maximum atomic E-state index is 11.9. The van der Waals surface area contributed by atoms with Crippen LogP contribution in [0.25, 0.3) is 0 Å². The van der Waals surface area contributed by atoms with Crippen molar-refractivity contribution >= 4 is 12.2 Å². The van der Waals surface area contributed by atoms with Crippen LogP contribution >= 0.6 is 0 Å². The summed E-state index contributed by atoms with van der Waals surface area (Å²) in [6.07, 6.45) is 6.95. The summed E-state index contributed by atoms with van der Waals surface area (Å²) in [4.78, 5) is 18.8. The minimum Gasteiger partial charge on any atom is -0.462 e. The first kappa shape index (κ1) is 14.3. The lowest BCUT2D eigenvalue weighted by molar-refractivity contribution is -0.137. The fraction of sp³-hybridized carbons (Fsp3) is 0.625. The first-order valence-electron chi connectivity index (χ1n) is 7.84. The summed E-state index contributed by atoms with van der Waals surface area (Å²) in [5.41, 5.74) is 7.69. The fourth-order valence-electron chi connectivity index (χ4n) is 3.07. The highest BCUT2D eigenvalue weighted by molar-refractivity contribution is 6.10. The van der Waals surface area contributed by atoms with Crippen molar-refractivity contribution in [1.82, 2.24) is 4.90 Å². The summed E-state index contributed by atoms with van der Waals surface area (Å²) in [6, 6.07) is 0. The molecule has 0 bridgehead atoms. The molecule has 21 heavy (non-hydrogen) atoms. The Morgan fingerprint density at radius 3 is 2.90 bits per heavy atom. The molecule has 3 aliphatic rings. The minimum atomic E-state index is -0.268. The van der Waals surface area contributed by atoms with Crippen molar-refractivity contribution in [3.8, 4) is 0 Å². The van der Waals surface area contributed by atoms with Gasteiger partial charge in [0.2, 0.25) is 0 Å². The molecule has 1 saturated carbocycles. The molecule has 0 aromatic heterocycles. The molecule has 1 atom stereocenters. The van der Waals surface area contributed by atoms with E-state index in [2.05, 4.69) is 9.89 Å². The normalized spacial score (nSPS) is 25.3. The number of rotatable bonds is 4. The fourth-order valence-corrected chi connectivity index (χ4v) is 3.07. The number of hydrogen-bond acceptors (Lipinski definition) is 5. The summed E-state index contributed by atoms with van der Waals surface area (Å²) in [5.74, 6) is 1.82. The number of ether oxygens (including phenoxy) is 1. The van der Waals surface area contributed by atoms with Gasteiger partial charge in [-0.05, 0) is 44.2 Å². The van der Waals surface area contributed by atoms with Gasteiger partial charge in [0.1, 0.15) is 5.82 Å². The van der Waals surface area contributed by atoms with Gasteiger partial charge in [-0.1, -0.05) is 6.08 Å². The Hall–Kier alpha value is -1.62. The highest BCUT2D eigenvalue weighted by atomic mass is 16.5. The van der Waals surface area contributed by atoms with E-state index in [1.54, 1.807) is 6.21 Å². The van der Waals surface area contributed by atoms with E-state index < -0.39 is 0 Å². The van der Waals surface area contributed by atoms with Crippen LogP contribution in [0.15, 0.2) is 28.0 Å². The third-order valence-electron chi connectivity index (χ3n) is 4.48. The molecule has 0 aromatic carbocycles. The van der Waals surface area contributed by atoms with E-state index in [-0.39, 0.29) is 5.97 Å². The second kappa shape index (κ2) is 6.02. The number of likely N-dealkylation sites (tertiary alicyclic amines) is 1. The van der Waals surface area contributed by atoms with Crippen LogP contribution in [0.3, 0.4) is 0 Å². The Morgan fingerprint density at radius 1 is 1.48 bits per heavy atom. The van der Waals surface area contributed by atoms with Crippen LogP contribution in [0.5, 0.6) is 0 Å². The smallest absolute Gasteiger partial charge is 0.339 e. The Bertz CT molecular complexity index is 514. The second-order valence-electron chi connectivity index (χ2n) is 5.93. The number of allylic oxidation sites excluding steroid dienone is 2. The average molecular weight is 289 g/mol. The Balaban J connectivity index is 1.70. The van der Waals surface area contributed by atoms with Gasteiger partial charge in [-0.2, -0.15) is 0 Å². The van der Waals surface area contributed by atoms with E-state index in [0.29, 0.717) is 24.0 Å². The zero-order chi connectivity index (χ0) is 14.8. The number of fused-ring (bicyclic) bond motifs is 1. The highest BCUT2D eigenvalue weighted by Gasteiger charge is 2.36. The lowest BCUT2D eigenvalue weighted by Gasteiger charge is -2.33. The monoisotopic (exact) mass is 289 g/mol. The SMILES string of the molecule is CCOC(=O)C1=CC2CC2=C(N2CCC(CN)CC2)N=C1. The first-order chi connectivity index (χ1) is 10.2. The summed E-state index contributed by atoms with van der Waals surface area (Å²) in [5, 5.41) is 0. The van der Waals surface area contributed by atoms with Crippen LogP contribution in [-0.2, 0) is 9.53 Å². The van der Waals surface area contributed by atoms with Crippen molar-refractivity contribution in [3.63, 3.8) is 0 Å². The minimum absolute atomic E-state index is 0.268. The number of nitrogens with two attached hydrogens (primary N) is 1. The largest absolute Gasteiger partial charge is 0.462 e. The molecule has 2 heterocycles. The standard InChI is InChI=1S/C16H23N3O2/c1-2-21-16(20)13-7-12-8-14(12)15(18-10-13)19-5-3-11(9-17)4-6-19/h7,10-12H,2-6,8-9,17H2,1H3. The van der Waals surface area contributed by atoms with E-state index in [1.807, 2.05) is 13.0 Å². The number of nitrogens with zero attached hydrogens (tertiary/aromatic N) is 2. The lowest BCUT2D eigenvalue weighted by atomic mass is 9.97. The zero-order valence-corrected chi connectivity index (χ0v) is 12.5. The van der Waals surface area contributed by atoms with E-state index in [9.17, 15) is 4.79 Å². The molecule has 2 N–H and O–H groups in total. The molecule has 0 aromatic rings. The number of piperidine rings is 1. The molecule has 114 valence electrons. The van der Waals surface area contributed by atoms with Crippen molar-refractivity contribution in [2.45, 2.75) is 26.2 Å². The van der Waals surface area contributed by atoms with Gasteiger partial charge >= 0.3 is 5.97 Å². The van der Waals surface area contributed by atoms with Crippen molar-refractivity contribution in [2.24, 2.45) is 22.6 Å². The van der Waals surface area contributed by atoms with Crippen LogP contribution in [0.4, 0.5) is 0 Å². The maximum Gasteiger partial charge on any atom is 0.339 e. The second-order valence-corrected chi connectivity index (χ2v) is 5.93. The first-order valence-corrected chi connectivity index (χ1v) is 7.84. The molecule has 2 aliphatic heterocycles. The predicted octanol–water partition coefficient (Wildman–Crippen LogP) is 1.46. The van der Waals surface area contributed by atoms with Crippen LogP contribution in [0, 0.1) is 11.8 Å². The van der Waals surface area contributed by atoms with Gasteiger partial charge in [-0.3, -0.25) is 0 Å². The van der Waals surface area contributed by atoms with E-state index >= 15 is 0 Å². The van der Waals surface area contributed by atoms with Gasteiger partial charge in [0.15, 0.2) is 0 Å². The number of hydrogen-bond donors (Lipinski definition) is 1. The van der Waals surface area contributed by atoms with Gasteiger partial charge in [0, 0.05) is 25.2 Å². The van der Waals surface area contributed by atoms with Crippen LogP contribution in [0.1, 0.15) is 26.2 Å². The van der Waals surface area contributed by atoms with E-state index in [0.717, 1.165) is 44.7 Å². The highest BCUT2D eigenvalue weighted by Crippen LogP contribution is 2.45. The van der Waals surface area contributed by atoms with Gasteiger partial charge in [0.05, 0.1) is 12.2 Å². The molecular weight excluding hydrogens is 266 g/mol. The Morgan fingerprint density at radius 2 is 2.24 bits per heavy atom. The van der Waals surface area contributed by atoms with Crippen LogP contribution < -0.4 is 5.73 Å². The summed E-state index contributed by atoms with van der Waals surface area (Å²) < 4.78 is 5.07. The molecule has 0 amide bonds. The van der Waals surface area contributed by atoms with Gasteiger partial charge in [-0.15, -0.1) is 0 Å².